The number of methoxy groups -OCH3 is 1. The van der Waals surface area contributed by atoms with Crippen LogP contribution < -0.4 is 10.7 Å². The molecule has 0 heterocycles. The van der Waals surface area contributed by atoms with Gasteiger partial charge in [-0.2, -0.15) is 0 Å². The minimum Gasteiger partial charge on any atom is -0.385 e. The van der Waals surface area contributed by atoms with Gasteiger partial charge in [0.05, 0.1) is 0 Å². The highest BCUT2D eigenvalue weighted by Gasteiger charge is 2.08. The van der Waals surface area contributed by atoms with Gasteiger partial charge >= 0.3 is 0 Å². The summed E-state index contributed by atoms with van der Waals surface area (Å²) in [5.41, 5.74) is 3.90. The molecule has 0 atom stereocenters. The summed E-state index contributed by atoms with van der Waals surface area (Å²) in [6.45, 7) is 1.40. The molecule has 0 radical (unpaired) electrons. The molecule has 1 rings (SSSR count). The Morgan fingerprint density at radius 3 is 2.71 bits per heavy atom. The Kier molecular flexibility index (Phi) is 8.38. The van der Waals surface area contributed by atoms with Crippen LogP contribution in [0.3, 0.4) is 0 Å². The van der Waals surface area contributed by atoms with Crippen LogP contribution in [0.2, 0.25) is 0 Å². The van der Waals surface area contributed by atoms with Crippen molar-refractivity contribution in [1.29, 1.82) is 0 Å². The lowest BCUT2D eigenvalue weighted by Crippen LogP contribution is -2.48. The highest BCUT2D eigenvalue weighted by atomic mass is 32.1. The fraction of sp³-hybridized carbons (Fsp3) is 0.467. The first-order valence-corrected chi connectivity index (χ1v) is 7.38. The van der Waals surface area contributed by atoms with E-state index in [1.54, 1.807) is 14.2 Å². The number of carbonyl (C=O) groups excluding carboxylic acids is 1. The number of amides is 1. The Morgan fingerprint density at radius 1 is 1.33 bits per heavy atom. The molecule has 5 nitrogen and oxygen atoms in total. The molecule has 0 aliphatic heterocycles. The SMILES string of the molecule is COCCCNC(=S)N(C)NC(=O)CCc1ccccc1. The summed E-state index contributed by atoms with van der Waals surface area (Å²) in [7, 11) is 3.39. The lowest BCUT2D eigenvalue weighted by atomic mass is 10.1. The van der Waals surface area contributed by atoms with Crippen LogP contribution >= 0.6 is 12.2 Å². The van der Waals surface area contributed by atoms with Crippen molar-refractivity contribution in [3.05, 3.63) is 35.9 Å². The first-order chi connectivity index (χ1) is 10.1. The molecule has 1 aromatic rings. The fourth-order valence-corrected chi connectivity index (χ4v) is 1.87. The number of hydrogen-bond donors (Lipinski definition) is 2. The van der Waals surface area contributed by atoms with Gasteiger partial charge in [-0.3, -0.25) is 15.2 Å². The Labute approximate surface area is 131 Å². The van der Waals surface area contributed by atoms with Crippen LogP contribution in [-0.2, 0) is 16.0 Å². The van der Waals surface area contributed by atoms with Gasteiger partial charge in [0.2, 0.25) is 5.91 Å². The maximum absolute atomic E-state index is 11.8. The van der Waals surface area contributed by atoms with Crippen LogP contribution in [-0.4, -0.2) is 43.3 Å². The molecule has 0 aliphatic rings. The lowest BCUT2D eigenvalue weighted by molar-refractivity contribution is -0.123. The fourth-order valence-electron chi connectivity index (χ4n) is 1.73. The van der Waals surface area contributed by atoms with Crippen LogP contribution in [0.4, 0.5) is 0 Å². The maximum Gasteiger partial charge on any atom is 0.238 e. The zero-order chi connectivity index (χ0) is 15.5. The molecule has 116 valence electrons. The minimum absolute atomic E-state index is 0.0533. The minimum atomic E-state index is -0.0533. The Hall–Kier alpha value is -1.66. The molecule has 0 aromatic heterocycles. The topological polar surface area (TPSA) is 53.6 Å². The van der Waals surface area contributed by atoms with Crippen molar-refractivity contribution in [1.82, 2.24) is 15.8 Å². The van der Waals surface area contributed by atoms with E-state index in [1.807, 2.05) is 30.3 Å². The van der Waals surface area contributed by atoms with Crippen molar-refractivity contribution < 1.29 is 9.53 Å². The monoisotopic (exact) mass is 309 g/mol. The molecule has 6 heteroatoms. The molecular formula is C15H23N3O2S. The van der Waals surface area contributed by atoms with E-state index in [4.69, 9.17) is 17.0 Å². The molecule has 0 saturated heterocycles. The highest BCUT2D eigenvalue weighted by molar-refractivity contribution is 7.80. The second kappa shape index (κ2) is 10.1. The van der Waals surface area contributed by atoms with Crippen molar-refractivity contribution in [2.75, 3.05) is 27.3 Å². The van der Waals surface area contributed by atoms with Crippen molar-refractivity contribution in [2.24, 2.45) is 0 Å². The normalized spacial score (nSPS) is 10.0. The number of ether oxygens (including phenoxy) is 1. The smallest absolute Gasteiger partial charge is 0.238 e. The zero-order valence-corrected chi connectivity index (χ0v) is 13.4. The Bertz CT molecular complexity index is 440. The molecule has 1 amide bonds. The second-order valence-corrected chi connectivity index (χ2v) is 5.04. The number of carbonyl (C=O) groups is 1. The number of rotatable bonds is 7. The number of hydrazine groups is 1. The summed E-state index contributed by atoms with van der Waals surface area (Å²) in [5.74, 6) is -0.0533. The van der Waals surface area contributed by atoms with E-state index >= 15 is 0 Å². The van der Waals surface area contributed by atoms with E-state index < -0.39 is 0 Å². The third-order valence-corrected chi connectivity index (χ3v) is 3.30. The number of hydrogen-bond acceptors (Lipinski definition) is 3. The van der Waals surface area contributed by atoms with Gasteiger partial charge in [0, 0.05) is 33.7 Å². The predicted octanol–water partition coefficient (Wildman–Crippen LogP) is 1.49. The molecule has 0 spiro atoms. The number of aryl methyl sites for hydroxylation is 1. The van der Waals surface area contributed by atoms with Gasteiger partial charge in [-0.15, -0.1) is 0 Å². The molecule has 0 unspecified atom stereocenters. The van der Waals surface area contributed by atoms with Crippen molar-refractivity contribution in [3.8, 4) is 0 Å². The van der Waals surface area contributed by atoms with Crippen LogP contribution in [0.25, 0.3) is 0 Å². The van der Waals surface area contributed by atoms with E-state index in [1.165, 1.54) is 5.01 Å². The molecule has 0 fully saturated rings. The van der Waals surface area contributed by atoms with Crippen LogP contribution in [0, 0.1) is 0 Å². The molecular weight excluding hydrogens is 286 g/mol. The summed E-state index contributed by atoms with van der Waals surface area (Å²) < 4.78 is 4.96. The second-order valence-electron chi connectivity index (χ2n) is 4.66. The molecule has 21 heavy (non-hydrogen) atoms. The van der Waals surface area contributed by atoms with E-state index in [0.717, 1.165) is 18.5 Å². The van der Waals surface area contributed by atoms with Gasteiger partial charge < -0.3 is 10.1 Å². The molecule has 0 aliphatic carbocycles. The van der Waals surface area contributed by atoms with Gasteiger partial charge in [0.1, 0.15) is 0 Å². The summed E-state index contributed by atoms with van der Waals surface area (Å²) in [6.07, 6.45) is 2.02. The van der Waals surface area contributed by atoms with Crippen molar-refractivity contribution >= 4 is 23.2 Å². The van der Waals surface area contributed by atoms with Gasteiger partial charge in [0.25, 0.3) is 0 Å². The zero-order valence-electron chi connectivity index (χ0n) is 12.6. The number of nitrogens with zero attached hydrogens (tertiary/aromatic N) is 1. The molecule has 2 N–H and O–H groups in total. The van der Waals surface area contributed by atoms with E-state index in [2.05, 4.69) is 10.7 Å². The average molecular weight is 309 g/mol. The lowest BCUT2D eigenvalue weighted by Gasteiger charge is -2.21. The molecule has 0 bridgehead atoms. The van der Waals surface area contributed by atoms with Crippen LogP contribution in [0.1, 0.15) is 18.4 Å². The number of thiocarbonyl (C=S) groups is 1. The summed E-state index contributed by atoms with van der Waals surface area (Å²) in [6, 6.07) is 9.93. The maximum atomic E-state index is 11.8. The molecule has 1 aromatic carbocycles. The number of benzene rings is 1. The van der Waals surface area contributed by atoms with Gasteiger partial charge in [0.15, 0.2) is 5.11 Å². The van der Waals surface area contributed by atoms with Crippen LogP contribution in [0.15, 0.2) is 30.3 Å². The summed E-state index contributed by atoms with van der Waals surface area (Å²) in [4.78, 5) is 11.8. The quantitative estimate of drug-likeness (QED) is 0.454. The standard InChI is InChI=1S/C15H23N3O2S/c1-18(15(21)16-11-6-12-20-2)17-14(19)10-9-13-7-4-3-5-8-13/h3-5,7-8H,6,9-12H2,1-2H3,(H,16,21)(H,17,19). The highest BCUT2D eigenvalue weighted by Crippen LogP contribution is 2.02. The van der Waals surface area contributed by atoms with Crippen LogP contribution in [0.5, 0.6) is 0 Å². The Balaban J connectivity index is 2.22. The first kappa shape index (κ1) is 17.4. The van der Waals surface area contributed by atoms with Crippen molar-refractivity contribution in [3.63, 3.8) is 0 Å². The van der Waals surface area contributed by atoms with Crippen molar-refractivity contribution in [2.45, 2.75) is 19.3 Å². The first-order valence-electron chi connectivity index (χ1n) is 6.97. The third kappa shape index (κ3) is 7.63. The van der Waals surface area contributed by atoms with Gasteiger partial charge in [-0.1, -0.05) is 30.3 Å². The molecule has 0 saturated carbocycles. The van der Waals surface area contributed by atoms with E-state index in [9.17, 15) is 4.79 Å². The van der Waals surface area contributed by atoms with Gasteiger partial charge in [-0.25, -0.2) is 0 Å². The number of nitrogens with one attached hydrogen (secondary N) is 2. The van der Waals surface area contributed by atoms with Gasteiger partial charge in [-0.05, 0) is 30.6 Å². The summed E-state index contributed by atoms with van der Waals surface area (Å²) in [5, 5.41) is 5.10. The van der Waals surface area contributed by atoms with E-state index in [-0.39, 0.29) is 5.91 Å². The Morgan fingerprint density at radius 2 is 2.05 bits per heavy atom. The third-order valence-electron chi connectivity index (χ3n) is 2.88. The predicted molar refractivity (Wildman–Crippen MR) is 87.8 cm³/mol. The largest absolute Gasteiger partial charge is 0.385 e. The summed E-state index contributed by atoms with van der Waals surface area (Å²) >= 11 is 5.18. The van der Waals surface area contributed by atoms with E-state index in [0.29, 0.717) is 24.6 Å². The average Bonchev–Trinajstić information content (AvgIpc) is 2.50.